The minimum absolute atomic E-state index is 0.103. The van der Waals surface area contributed by atoms with E-state index in [1.165, 1.54) is 19.2 Å². The summed E-state index contributed by atoms with van der Waals surface area (Å²) in [7, 11) is 2.97. The lowest BCUT2D eigenvalue weighted by Gasteiger charge is -2.21. The Kier molecular flexibility index (Phi) is 7.51. The topological polar surface area (TPSA) is 38.8 Å². The van der Waals surface area contributed by atoms with E-state index in [1.807, 2.05) is 4.90 Å². The van der Waals surface area contributed by atoms with E-state index in [4.69, 9.17) is 16.3 Å². The molecular formula is C14H19ClFNO3. The number of esters is 1. The minimum atomic E-state index is -0.441. The molecule has 0 bridgehead atoms. The average Bonchev–Trinajstić information content (AvgIpc) is 2.45. The van der Waals surface area contributed by atoms with Crippen LogP contribution in [0, 0.1) is 5.82 Å². The van der Waals surface area contributed by atoms with E-state index in [9.17, 15) is 9.18 Å². The Morgan fingerprint density at radius 2 is 2.10 bits per heavy atom. The first kappa shape index (κ1) is 16.9. The second kappa shape index (κ2) is 8.89. The van der Waals surface area contributed by atoms with Crippen LogP contribution in [0.2, 0.25) is 5.02 Å². The van der Waals surface area contributed by atoms with Crippen LogP contribution in [0.1, 0.15) is 12.0 Å². The molecular weight excluding hydrogens is 285 g/mol. The predicted molar refractivity (Wildman–Crippen MR) is 75.2 cm³/mol. The Bertz CT molecular complexity index is 442. The van der Waals surface area contributed by atoms with Crippen LogP contribution in [0.5, 0.6) is 0 Å². The van der Waals surface area contributed by atoms with Gasteiger partial charge in [0.25, 0.3) is 0 Å². The Morgan fingerprint density at radius 3 is 2.70 bits per heavy atom. The van der Waals surface area contributed by atoms with Gasteiger partial charge in [0.1, 0.15) is 5.82 Å². The summed E-state index contributed by atoms with van der Waals surface area (Å²) >= 11 is 5.65. The number of hydrogen-bond acceptors (Lipinski definition) is 4. The summed E-state index contributed by atoms with van der Waals surface area (Å²) in [4.78, 5) is 13.2. The molecule has 20 heavy (non-hydrogen) atoms. The van der Waals surface area contributed by atoms with Crippen LogP contribution < -0.4 is 0 Å². The smallest absolute Gasteiger partial charge is 0.306 e. The fourth-order valence-corrected chi connectivity index (χ4v) is 1.86. The summed E-state index contributed by atoms with van der Waals surface area (Å²) in [6, 6.07) is 4.70. The molecule has 0 aromatic heterocycles. The molecule has 1 rings (SSSR count). The first-order valence-corrected chi connectivity index (χ1v) is 6.66. The van der Waals surface area contributed by atoms with Crippen LogP contribution >= 0.6 is 11.6 Å². The Balaban J connectivity index is 2.62. The highest BCUT2D eigenvalue weighted by Gasteiger charge is 2.10. The first-order chi connectivity index (χ1) is 9.56. The number of halogens is 2. The van der Waals surface area contributed by atoms with Crippen LogP contribution in [-0.2, 0) is 20.8 Å². The molecule has 0 N–H and O–H groups in total. The van der Waals surface area contributed by atoms with Crippen LogP contribution in [0.25, 0.3) is 0 Å². The predicted octanol–water partition coefficient (Wildman–Crippen LogP) is 2.49. The zero-order valence-electron chi connectivity index (χ0n) is 11.7. The van der Waals surface area contributed by atoms with E-state index in [0.717, 1.165) is 5.56 Å². The SMILES string of the molecule is COCCN(CCC(=O)OC)Cc1ccc(Cl)c(F)c1. The average molecular weight is 304 g/mol. The quantitative estimate of drug-likeness (QED) is 0.692. The molecule has 0 amide bonds. The van der Waals surface area contributed by atoms with E-state index in [0.29, 0.717) is 26.2 Å². The summed E-state index contributed by atoms with van der Waals surface area (Å²) in [6.45, 7) is 2.24. The molecule has 0 aliphatic rings. The van der Waals surface area contributed by atoms with E-state index in [1.54, 1.807) is 13.2 Å². The van der Waals surface area contributed by atoms with Gasteiger partial charge in [0.05, 0.1) is 25.2 Å². The van der Waals surface area contributed by atoms with Gasteiger partial charge in [-0.25, -0.2) is 4.39 Å². The van der Waals surface area contributed by atoms with Gasteiger partial charge in [0, 0.05) is 26.7 Å². The molecule has 0 saturated carbocycles. The van der Waals surface area contributed by atoms with Crippen LogP contribution in [0.15, 0.2) is 18.2 Å². The number of methoxy groups -OCH3 is 2. The molecule has 1 aromatic rings. The summed E-state index contributed by atoms with van der Waals surface area (Å²) in [5.41, 5.74) is 0.799. The third-order valence-corrected chi connectivity index (χ3v) is 3.17. The molecule has 1 aromatic carbocycles. The van der Waals surface area contributed by atoms with Crippen molar-refractivity contribution in [2.75, 3.05) is 33.9 Å². The van der Waals surface area contributed by atoms with Crippen molar-refractivity contribution in [3.05, 3.63) is 34.6 Å². The highest BCUT2D eigenvalue weighted by atomic mass is 35.5. The van der Waals surface area contributed by atoms with Gasteiger partial charge in [-0.05, 0) is 17.7 Å². The van der Waals surface area contributed by atoms with Gasteiger partial charge < -0.3 is 9.47 Å². The molecule has 112 valence electrons. The summed E-state index contributed by atoms with van der Waals surface area (Å²) in [5.74, 6) is -0.710. The molecule has 0 aliphatic carbocycles. The van der Waals surface area contributed by atoms with Crippen LogP contribution in [0.4, 0.5) is 4.39 Å². The fourth-order valence-electron chi connectivity index (χ4n) is 1.74. The highest BCUT2D eigenvalue weighted by Crippen LogP contribution is 2.16. The largest absolute Gasteiger partial charge is 0.469 e. The lowest BCUT2D eigenvalue weighted by Crippen LogP contribution is -2.29. The van der Waals surface area contributed by atoms with E-state index >= 15 is 0 Å². The molecule has 0 saturated heterocycles. The Morgan fingerprint density at radius 1 is 1.35 bits per heavy atom. The number of carbonyl (C=O) groups is 1. The van der Waals surface area contributed by atoms with Crippen molar-refractivity contribution in [2.24, 2.45) is 0 Å². The lowest BCUT2D eigenvalue weighted by molar-refractivity contribution is -0.141. The van der Waals surface area contributed by atoms with Crippen molar-refractivity contribution < 1.29 is 18.7 Å². The zero-order chi connectivity index (χ0) is 15.0. The maximum atomic E-state index is 13.4. The summed E-state index contributed by atoms with van der Waals surface area (Å²) in [6.07, 6.45) is 0.288. The van der Waals surface area contributed by atoms with Crippen molar-refractivity contribution in [2.45, 2.75) is 13.0 Å². The van der Waals surface area contributed by atoms with Gasteiger partial charge in [-0.3, -0.25) is 9.69 Å². The van der Waals surface area contributed by atoms with Gasteiger partial charge in [0.2, 0.25) is 0 Å². The van der Waals surface area contributed by atoms with Gasteiger partial charge in [-0.2, -0.15) is 0 Å². The van der Waals surface area contributed by atoms with E-state index < -0.39 is 5.82 Å². The van der Waals surface area contributed by atoms with Gasteiger partial charge in [0.15, 0.2) is 0 Å². The summed E-state index contributed by atoms with van der Waals surface area (Å²) < 4.78 is 23.0. The maximum absolute atomic E-state index is 13.4. The maximum Gasteiger partial charge on any atom is 0.306 e. The second-order valence-corrected chi connectivity index (χ2v) is 4.75. The van der Waals surface area contributed by atoms with Gasteiger partial charge in [-0.15, -0.1) is 0 Å². The van der Waals surface area contributed by atoms with E-state index in [2.05, 4.69) is 4.74 Å². The number of rotatable bonds is 8. The highest BCUT2D eigenvalue weighted by molar-refractivity contribution is 6.30. The number of benzene rings is 1. The summed E-state index contributed by atoms with van der Waals surface area (Å²) in [5, 5.41) is 0.103. The van der Waals surface area contributed by atoms with E-state index in [-0.39, 0.29) is 17.4 Å². The monoisotopic (exact) mass is 303 g/mol. The Labute approximate surface area is 123 Å². The van der Waals surface area contributed by atoms with Crippen molar-refractivity contribution >= 4 is 17.6 Å². The fraction of sp³-hybridized carbons (Fsp3) is 0.500. The zero-order valence-corrected chi connectivity index (χ0v) is 12.5. The van der Waals surface area contributed by atoms with Gasteiger partial charge >= 0.3 is 5.97 Å². The van der Waals surface area contributed by atoms with Crippen molar-refractivity contribution in [1.82, 2.24) is 4.90 Å². The van der Waals surface area contributed by atoms with Crippen molar-refractivity contribution in [3.63, 3.8) is 0 Å². The molecule has 0 spiro atoms. The standard InChI is InChI=1S/C14H19ClFNO3/c1-19-8-7-17(6-5-14(18)20-2)10-11-3-4-12(15)13(16)9-11/h3-4,9H,5-8,10H2,1-2H3. The number of carbonyl (C=O) groups excluding carboxylic acids is 1. The van der Waals surface area contributed by atoms with Crippen LogP contribution in [-0.4, -0.2) is 44.8 Å². The molecule has 0 radical (unpaired) electrons. The van der Waals surface area contributed by atoms with Gasteiger partial charge in [-0.1, -0.05) is 17.7 Å². The third kappa shape index (κ3) is 5.86. The molecule has 0 fully saturated rings. The number of hydrogen-bond donors (Lipinski definition) is 0. The normalized spacial score (nSPS) is 10.8. The molecule has 4 nitrogen and oxygen atoms in total. The second-order valence-electron chi connectivity index (χ2n) is 4.34. The van der Waals surface area contributed by atoms with Crippen molar-refractivity contribution in [3.8, 4) is 0 Å². The number of nitrogens with zero attached hydrogens (tertiary/aromatic N) is 1. The third-order valence-electron chi connectivity index (χ3n) is 2.86. The molecule has 0 heterocycles. The van der Waals surface area contributed by atoms with Crippen LogP contribution in [0.3, 0.4) is 0 Å². The minimum Gasteiger partial charge on any atom is -0.469 e. The molecule has 0 aliphatic heterocycles. The molecule has 6 heteroatoms. The lowest BCUT2D eigenvalue weighted by atomic mass is 10.2. The Hall–Kier alpha value is -1.17. The van der Waals surface area contributed by atoms with Crippen molar-refractivity contribution in [1.29, 1.82) is 0 Å². The molecule has 0 unspecified atom stereocenters. The number of ether oxygens (including phenoxy) is 2. The first-order valence-electron chi connectivity index (χ1n) is 6.29. The molecule has 0 atom stereocenters.